The van der Waals surface area contributed by atoms with Crippen molar-refractivity contribution >= 4 is 5.97 Å². The van der Waals surface area contributed by atoms with Crippen molar-refractivity contribution in [3.63, 3.8) is 0 Å². The van der Waals surface area contributed by atoms with Crippen molar-refractivity contribution in [2.45, 2.75) is 38.5 Å². The molecule has 1 aliphatic heterocycles. The Hall–Kier alpha value is -1.56. The van der Waals surface area contributed by atoms with Crippen LogP contribution in [-0.2, 0) is 17.5 Å². The quantitative estimate of drug-likeness (QED) is 0.930. The zero-order valence-corrected chi connectivity index (χ0v) is 11.7. The second-order valence-corrected chi connectivity index (χ2v) is 5.55. The molecule has 6 heteroatoms. The van der Waals surface area contributed by atoms with Gasteiger partial charge in [-0.15, -0.1) is 0 Å². The number of halogens is 3. The van der Waals surface area contributed by atoms with E-state index in [2.05, 4.69) is 0 Å². The van der Waals surface area contributed by atoms with Gasteiger partial charge in [-0.3, -0.25) is 9.69 Å². The van der Waals surface area contributed by atoms with E-state index in [1.807, 2.05) is 11.8 Å². The zero-order valence-electron chi connectivity index (χ0n) is 11.7. The van der Waals surface area contributed by atoms with E-state index < -0.39 is 23.6 Å². The van der Waals surface area contributed by atoms with Crippen molar-refractivity contribution < 1.29 is 23.1 Å². The van der Waals surface area contributed by atoms with Crippen LogP contribution in [0.25, 0.3) is 0 Å². The molecule has 0 saturated carbocycles. The topological polar surface area (TPSA) is 40.5 Å². The number of piperidine rings is 1. The Bertz CT molecular complexity index is 516. The minimum atomic E-state index is -4.39. The first-order valence-electron chi connectivity index (χ1n) is 6.91. The van der Waals surface area contributed by atoms with Gasteiger partial charge in [-0.1, -0.05) is 18.2 Å². The number of aliphatic carboxylic acids is 1. The molecule has 0 aromatic heterocycles. The fraction of sp³-hybridized carbons (Fsp3) is 0.533. The summed E-state index contributed by atoms with van der Waals surface area (Å²) in [6.07, 6.45) is -3.12. The monoisotopic (exact) mass is 301 g/mol. The number of hydrogen-bond acceptors (Lipinski definition) is 2. The summed E-state index contributed by atoms with van der Waals surface area (Å²) in [5.74, 6) is -1.38. The van der Waals surface area contributed by atoms with E-state index >= 15 is 0 Å². The molecule has 0 spiro atoms. The smallest absolute Gasteiger partial charge is 0.416 e. The Labute approximate surface area is 121 Å². The van der Waals surface area contributed by atoms with Crippen molar-refractivity contribution in [3.05, 3.63) is 35.4 Å². The summed E-state index contributed by atoms with van der Waals surface area (Å²) >= 11 is 0. The Morgan fingerprint density at radius 3 is 2.62 bits per heavy atom. The first-order valence-corrected chi connectivity index (χ1v) is 6.91. The highest BCUT2D eigenvalue weighted by Gasteiger charge is 2.35. The SMILES string of the molecule is CC1CCC(C(=O)O)CN1Cc1ccccc1C(F)(F)F. The molecular formula is C15H18F3NO2. The molecule has 1 aromatic rings. The van der Waals surface area contributed by atoms with Gasteiger partial charge in [0.1, 0.15) is 0 Å². The van der Waals surface area contributed by atoms with E-state index in [-0.39, 0.29) is 18.2 Å². The van der Waals surface area contributed by atoms with E-state index in [9.17, 15) is 18.0 Å². The fourth-order valence-electron chi connectivity index (χ4n) is 2.75. The van der Waals surface area contributed by atoms with Crippen LogP contribution in [0, 0.1) is 5.92 Å². The third-order valence-electron chi connectivity index (χ3n) is 4.06. The molecule has 1 saturated heterocycles. The average molecular weight is 301 g/mol. The summed E-state index contributed by atoms with van der Waals surface area (Å²) in [6, 6.07) is 5.56. The van der Waals surface area contributed by atoms with Gasteiger partial charge in [0.05, 0.1) is 11.5 Å². The van der Waals surface area contributed by atoms with Crippen LogP contribution in [0.15, 0.2) is 24.3 Å². The normalized spacial score (nSPS) is 24.0. The lowest BCUT2D eigenvalue weighted by Crippen LogP contribution is -2.43. The lowest BCUT2D eigenvalue weighted by Gasteiger charge is -2.36. The number of rotatable bonds is 3. The Morgan fingerprint density at radius 2 is 2.00 bits per heavy atom. The molecule has 116 valence electrons. The van der Waals surface area contributed by atoms with E-state index in [0.29, 0.717) is 19.4 Å². The van der Waals surface area contributed by atoms with Gasteiger partial charge < -0.3 is 5.11 Å². The van der Waals surface area contributed by atoms with Gasteiger partial charge in [-0.2, -0.15) is 13.2 Å². The first kappa shape index (κ1) is 15.8. The molecule has 0 amide bonds. The second-order valence-electron chi connectivity index (χ2n) is 5.55. The minimum absolute atomic E-state index is 0.0851. The van der Waals surface area contributed by atoms with Crippen LogP contribution in [0.4, 0.5) is 13.2 Å². The van der Waals surface area contributed by atoms with Gasteiger partial charge in [0.25, 0.3) is 0 Å². The third kappa shape index (κ3) is 3.75. The molecule has 2 atom stereocenters. The van der Waals surface area contributed by atoms with Crippen molar-refractivity contribution in [1.82, 2.24) is 4.90 Å². The molecule has 1 heterocycles. The van der Waals surface area contributed by atoms with Gasteiger partial charge in [0.15, 0.2) is 0 Å². The van der Waals surface area contributed by atoms with Gasteiger partial charge >= 0.3 is 12.1 Å². The predicted molar refractivity (Wildman–Crippen MR) is 71.7 cm³/mol. The molecule has 3 nitrogen and oxygen atoms in total. The molecule has 0 aliphatic carbocycles. The summed E-state index contributed by atoms with van der Waals surface area (Å²) in [7, 11) is 0. The van der Waals surface area contributed by atoms with Crippen molar-refractivity contribution in [1.29, 1.82) is 0 Å². The lowest BCUT2D eigenvalue weighted by molar-refractivity contribution is -0.145. The van der Waals surface area contributed by atoms with Crippen LogP contribution in [0.5, 0.6) is 0 Å². The zero-order chi connectivity index (χ0) is 15.6. The van der Waals surface area contributed by atoms with E-state index in [0.717, 1.165) is 6.07 Å². The van der Waals surface area contributed by atoms with Crippen molar-refractivity contribution in [2.75, 3.05) is 6.54 Å². The molecule has 2 rings (SSSR count). The van der Waals surface area contributed by atoms with Crippen LogP contribution in [0.1, 0.15) is 30.9 Å². The number of carboxylic acids is 1. The maximum Gasteiger partial charge on any atom is 0.416 e. The summed E-state index contributed by atoms with van der Waals surface area (Å²) < 4.78 is 39.0. The Kier molecular flexibility index (Phi) is 4.56. The highest BCUT2D eigenvalue weighted by molar-refractivity contribution is 5.70. The molecule has 1 aromatic carbocycles. The van der Waals surface area contributed by atoms with Gasteiger partial charge in [0, 0.05) is 19.1 Å². The minimum Gasteiger partial charge on any atom is -0.481 e. The maximum atomic E-state index is 13.0. The maximum absolute atomic E-state index is 13.0. The van der Waals surface area contributed by atoms with E-state index in [1.54, 1.807) is 6.07 Å². The van der Waals surface area contributed by atoms with Crippen LogP contribution >= 0.6 is 0 Å². The summed E-state index contributed by atoms with van der Waals surface area (Å²) in [5, 5.41) is 9.09. The first-order chi connectivity index (χ1) is 9.79. The second kappa shape index (κ2) is 6.05. The molecule has 0 radical (unpaired) electrons. The van der Waals surface area contributed by atoms with Crippen LogP contribution in [0.2, 0.25) is 0 Å². The lowest BCUT2D eigenvalue weighted by atomic mass is 9.92. The average Bonchev–Trinajstić information content (AvgIpc) is 2.40. The highest BCUT2D eigenvalue weighted by Crippen LogP contribution is 2.33. The van der Waals surface area contributed by atoms with E-state index in [4.69, 9.17) is 5.11 Å². The molecular weight excluding hydrogens is 283 g/mol. The fourth-order valence-corrected chi connectivity index (χ4v) is 2.75. The number of hydrogen-bond donors (Lipinski definition) is 1. The third-order valence-corrected chi connectivity index (χ3v) is 4.06. The Balaban J connectivity index is 2.19. The number of carbonyl (C=O) groups is 1. The highest BCUT2D eigenvalue weighted by atomic mass is 19.4. The number of carboxylic acid groups (broad SMARTS) is 1. The molecule has 1 fully saturated rings. The van der Waals surface area contributed by atoms with Crippen LogP contribution in [-0.4, -0.2) is 28.6 Å². The number of benzene rings is 1. The number of likely N-dealkylation sites (tertiary alicyclic amines) is 1. The predicted octanol–water partition coefficient (Wildman–Crippen LogP) is 3.39. The van der Waals surface area contributed by atoms with Gasteiger partial charge in [0.2, 0.25) is 0 Å². The summed E-state index contributed by atoms with van der Waals surface area (Å²) in [5.41, 5.74) is -0.447. The van der Waals surface area contributed by atoms with Crippen LogP contribution in [0.3, 0.4) is 0 Å². The van der Waals surface area contributed by atoms with E-state index in [1.165, 1.54) is 12.1 Å². The summed E-state index contributed by atoms with van der Waals surface area (Å²) in [6.45, 7) is 2.34. The van der Waals surface area contributed by atoms with Crippen molar-refractivity contribution in [2.24, 2.45) is 5.92 Å². The largest absolute Gasteiger partial charge is 0.481 e. The molecule has 2 unspecified atom stereocenters. The number of alkyl halides is 3. The Morgan fingerprint density at radius 1 is 1.33 bits per heavy atom. The summed E-state index contributed by atoms with van der Waals surface area (Å²) in [4.78, 5) is 12.9. The standard InChI is InChI=1S/C15H18F3NO2/c1-10-6-7-12(14(20)21)9-19(10)8-11-4-2-3-5-13(11)15(16,17)18/h2-5,10,12H,6-9H2,1H3,(H,20,21). The molecule has 1 aliphatic rings. The molecule has 0 bridgehead atoms. The van der Waals surface area contributed by atoms with Gasteiger partial charge in [-0.05, 0) is 31.4 Å². The number of nitrogens with zero attached hydrogens (tertiary/aromatic N) is 1. The van der Waals surface area contributed by atoms with Crippen LogP contribution < -0.4 is 0 Å². The molecule has 1 N–H and O–H groups in total. The van der Waals surface area contributed by atoms with Crippen molar-refractivity contribution in [3.8, 4) is 0 Å². The van der Waals surface area contributed by atoms with Gasteiger partial charge in [-0.25, -0.2) is 0 Å². The molecule has 21 heavy (non-hydrogen) atoms.